The number of hydrogen-bond acceptors (Lipinski definition) is 7. The monoisotopic (exact) mass is 428 g/mol. The van der Waals surface area contributed by atoms with Crippen LogP contribution in [-0.2, 0) is 9.47 Å². The van der Waals surface area contributed by atoms with Crippen molar-refractivity contribution < 1.29 is 14.3 Å². The lowest BCUT2D eigenvalue weighted by atomic mass is 9.94. The number of aryl methyl sites for hydroxylation is 1. The SMILES string of the molecule is CCOC(=O)c1cc(N(C)CCOC)c(C(NC)C(C)C)c(Nc2cccc(C)c2)n1. The van der Waals surface area contributed by atoms with Crippen molar-refractivity contribution in [1.82, 2.24) is 10.3 Å². The summed E-state index contributed by atoms with van der Waals surface area (Å²) < 4.78 is 10.5. The van der Waals surface area contributed by atoms with Crippen molar-refractivity contribution in [2.24, 2.45) is 5.92 Å². The topological polar surface area (TPSA) is 75.7 Å². The Morgan fingerprint density at radius 1 is 1.26 bits per heavy atom. The van der Waals surface area contributed by atoms with Gasteiger partial charge in [-0.15, -0.1) is 0 Å². The van der Waals surface area contributed by atoms with Gasteiger partial charge < -0.3 is 25.0 Å². The number of pyridine rings is 1. The zero-order chi connectivity index (χ0) is 23.0. The predicted octanol–water partition coefficient (Wildman–Crippen LogP) is 4.31. The summed E-state index contributed by atoms with van der Waals surface area (Å²) in [5, 5.41) is 6.88. The maximum Gasteiger partial charge on any atom is 0.357 e. The fourth-order valence-corrected chi connectivity index (χ4v) is 3.59. The van der Waals surface area contributed by atoms with Crippen LogP contribution < -0.4 is 15.5 Å². The lowest BCUT2D eigenvalue weighted by Gasteiger charge is -2.30. The number of likely N-dealkylation sites (N-methyl/N-ethyl adjacent to an activating group) is 1. The van der Waals surface area contributed by atoms with Crippen LogP contribution in [0.5, 0.6) is 0 Å². The van der Waals surface area contributed by atoms with E-state index in [1.807, 2.05) is 45.3 Å². The quantitative estimate of drug-likeness (QED) is 0.517. The molecule has 7 heteroatoms. The van der Waals surface area contributed by atoms with Crippen LogP contribution in [0.25, 0.3) is 0 Å². The molecule has 0 spiro atoms. The Hall–Kier alpha value is -2.64. The number of anilines is 3. The summed E-state index contributed by atoms with van der Waals surface area (Å²) in [4.78, 5) is 19.4. The molecular formula is C24H36N4O3. The van der Waals surface area contributed by atoms with E-state index in [1.165, 1.54) is 0 Å². The molecule has 2 rings (SSSR count). The van der Waals surface area contributed by atoms with Gasteiger partial charge in [0, 0.05) is 43.7 Å². The Labute approximate surface area is 186 Å². The summed E-state index contributed by atoms with van der Waals surface area (Å²) in [7, 11) is 5.62. The van der Waals surface area contributed by atoms with E-state index in [0.29, 0.717) is 31.5 Å². The first-order valence-corrected chi connectivity index (χ1v) is 10.7. The zero-order valence-corrected chi connectivity index (χ0v) is 19.8. The van der Waals surface area contributed by atoms with Gasteiger partial charge in [0.1, 0.15) is 5.82 Å². The third-order valence-corrected chi connectivity index (χ3v) is 5.13. The Kier molecular flexibility index (Phi) is 9.27. The summed E-state index contributed by atoms with van der Waals surface area (Å²) in [6.07, 6.45) is 0. The maximum absolute atomic E-state index is 12.6. The first-order chi connectivity index (χ1) is 14.8. The molecule has 7 nitrogen and oxygen atoms in total. The molecule has 0 amide bonds. The van der Waals surface area contributed by atoms with Crippen LogP contribution >= 0.6 is 0 Å². The lowest BCUT2D eigenvalue weighted by Crippen LogP contribution is -2.30. The molecule has 31 heavy (non-hydrogen) atoms. The molecular weight excluding hydrogens is 392 g/mol. The van der Waals surface area contributed by atoms with E-state index in [2.05, 4.69) is 35.4 Å². The highest BCUT2D eigenvalue weighted by atomic mass is 16.5. The van der Waals surface area contributed by atoms with Crippen LogP contribution in [0.2, 0.25) is 0 Å². The first kappa shape index (κ1) is 24.6. The second-order valence-corrected chi connectivity index (χ2v) is 7.93. The highest BCUT2D eigenvalue weighted by Crippen LogP contribution is 2.37. The van der Waals surface area contributed by atoms with Crippen LogP contribution in [0.15, 0.2) is 30.3 Å². The summed E-state index contributed by atoms with van der Waals surface area (Å²) >= 11 is 0. The highest BCUT2D eigenvalue weighted by Gasteiger charge is 2.27. The third kappa shape index (κ3) is 6.42. The molecule has 2 N–H and O–H groups in total. The molecule has 0 saturated carbocycles. The van der Waals surface area contributed by atoms with Crippen molar-refractivity contribution in [3.8, 4) is 0 Å². The molecule has 1 heterocycles. The number of methoxy groups -OCH3 is 1. The largest absolute Gasteiger partial charge is 0.461 e. The first-order valence-electron chi connectivity index (χ1n) is 10.7. The molecule has 2 aromatic rings. The number of nitrogens with zero attached hydrogens (tertiary/aromatic N) is 2. The van der Waals surface area contributed by atoms with Gasteiger partial charge in [0.2, 0.25) is 0 Å². The minimum atomic E-state index is -0.437. The highest BCUT2D eigenvalue weighted by molar-refractivity contribution is 5.90. The van der Waals surface area contributed by atoms with E-state index in [4.69, 9.17) is 14.5 Å². The van der Waals surface area contributed by atoms with Crippen LogP contribution in [-0.4, -0.2) is 51.9 Å². The zero-order valence-electron chi connectivity index (χ0n) is 19.8. The molecule has 0 saturated heterocycles. The average molecular weight is 429 g/mol. The summed E-state index contributed by atoms with van der Waals surface area (Å²) in [6.45, 7) is 9.70. The van der Waals surface area contributed by atoms with Crippen molar-refractivity contribution in [2.45, 2.75) is 33.7 Å². The van der Waals surface area contributed by atoms with Gasteiger partial charge in [-0.05, 0) is 50.6 Å². The standard InChI is InChI=1S/C24H36N4O3/c1-8-31-24(29)19-15-20(28(6)12-13-30-7)21(22(25-5)16(2)3)23(27-19)26-18-11-9-10-17(4)14-18/h9-11,14-16,22,25H,8,12-13H2,1-7H3,(H,26,27). The summed E-state index contributed by atoms with van der Waals surface area (Å²) in [6, 6.07) is 9.93. The van der Waals surface area contributed by atoms with Gasteiger partial charge in [0.15, 0.2) is 5.69 Å². The average Bonchev–Trinajstić information content (AvgIpc) is 2.73. The van der Waals surface area contributed by atoms with Gasteiger partial charge in [-0.3, -0.25) is 0 Å². The van der Waals surface area contributed by atoms with E-state index in [1.54, 1.807) is 14.0 Å². The predicted molar refractivity (Wildman–Crippen MR) is 126 cm³/mol. The van der Waals surface area contributed by atoms with Gasteiger partial charge in [-0.25, -0.2) is 9.78 Å². The number of carbonyl (C=O) groups is 1. The number of hydrogen-bond donors (Lipinski definition) is 2. The van der Waals surface area contributed by atoms with Crippen LogP contribution in [0.4, 0.5) is 17.2 Å². The van der Waals surface area contributed by atoms with E-state index in [-0.39, 0.29) is 11.7 Å². The van der Waals surface area contributed by atoms with Gasteiger partial charge in [-0.2, -0.15) is 0 Å². The molecule has 1 aromatic heterocycles. The van der Waals surface area contributed by atoms with E-state index >= 15 is 0 Å². The molecule has 0 aliphatic heterocycles. The molecule has 0 fully saturated rings. The number of carbonyl (C=O) groups excluding carboxylic acids is 1. The Morgan fingerprint density at radius 3 is 2.58 bits per heavy atom. The molecule has 0 radical (unpaired) electrons. The third-order valence-electron chi connectivity index (χ3n) is 5.13. The molecule has 1 unspecified atom stereocenters. The van der Waals surface area contributed by atoms with Gasteiger partial charge in [-0.1, -0.05) is 26.0 Å². The molecule has 0 aliphatic carbocycles. The van der Waals surface area contributed by atoms with Gasteiger partial charge >= 0.3 is 5.97 Å². The summed E-state index contributed by atoms with van der Waals surface area (Å²) in [5.41, 5.74) is 4.25. The number of nitrogens with one attached hydrogen (secondary N) is 2. The van der Waals surface area contributed by atoms with Crippen molar-refractivity contribution in [3.63, 3.8) is 0 Å². The van der Waals surface area contributed by atoms with Crippen LogP contribution in [0.1, 0.15) is 48.4 Å². The van der Waals surface area contributed by atoms with Crippen molar-refractivity contribution >= 4 is 23.2 Å². The van der Waals surface area contributed by atoms with Crippen LogP contribution in [0.3, 0.4) is 0 Å². The second kappa shape index (κ2) is 11.7. The second-order valence-electron chi connectivity index (χ2n) is 7.93. The molecule has 170 valence electrons. The lowest BCUT2D eigenvalue weighted by molar-refractivity contribution is 0.0519. The smallest absolute Gasteiger partial charge is 0.357 e. The Morgan fingerprint density at radius 2 is 2.00 bits per heavy atom. The maximum atomic E-state index is 12.6. The fraction of sp³-hybridized carbons (Fsp3) is 0.500. The minimum absolute atomic E-state index is 0.0241. The van der Waals surface area contributed by atoms with Gasteiger partial charge in [0.25, 0.3) is 0 Å². The minimum Gasteiger partial charge on any atom is -0.461 e. The number of rotatable bonds is 11. The molecule has 1 aromatic carbocycles. The molecule has 0 aliphatic rings. The van der Waals surface area contributed by atoms with Gasteiger partial charge in [0.05, 0.1) is 13.2 Å². The van der Waals surface area contributed by atoms with E-state index < -0.39 is 5.97 Å². The fourth-order valence-electron chi connectivity index (χ4n) is 3.59. The number of esters is 1. The van der Waals surface area contributed by atoms with Crippen molar-refractivity contribution in [1.29, 1.82) is 0 Å². The van der Waals surface area contributed by atoms with Crippen molar-refractivity contribution in [3.05, 3.63) is 47.2 Å². The Balaban J connectivity index is 2.71. The van der Waals surface area contributed by atoms with Crippen molar-refractivity contribution in [2.75, 3.05) is 51.2 Å². The number of ether oxygens (including phenoxy) is 2. The molecule has 1 atom stereocenters. The van der Waals surface area contributed by atoms with E-state index in [9.17, 15) is 4.79 Å². The number of benzene rings is 1. The van der Waals surface area contributed by atoms with E-state index in [0.717, 1.165) is 22.5 Å². The normalized spacial score (nSPS) is 12.0. The Bertz CT molecular complexity index is 870. The van der Waals surface area contributed by atoms with Crippen LogP contribution in [0, 0.1) is 12.8 Å². The molecule has 0 bridgehead atoms. The number of aromatic nitrogens is 1. The summed E-state index contributed by atoms with van der Waals surface area (Å²) in [5.74, 6) is 0.504.